The summed E-state index contributed by atoms with van der Waals surface area (Å²) >= 11 is 0. The molecule has 0 N–H and O–H groups in total. The number of hydrogen-bond acceptors (Lipinski definition) is 3. The third-order valence-electron chi connectivity index (χ3n) is 2.93. The molecule has 1 saturated heterocycles. The highest BCUT2D eigenvalue weighted by Crippen LogP contribution is 2.32. The van der Waals surface area contributed by atoms with E-state index in [9.17, 15) is 4.79 Å². The Morgan fingerprint density at radius 2 is 2.13 bits per heavy atom. The van der Waals surface area contributed by atoms with Crippen LogP contribution < -0.4 is 0 Å². The molecule has 1 unspecified atom stereocenters. The van der Waals surface area contributed by atoms with Crippen molar-refractivity contribution in [3.8, 4) is 0 Å². The molecule has 0 aromatic heterocycles. The molecule has 0 saturated carbocycles. The minimum Gasteiger partial charge on any atom is -0.464 e. The van der Waals surface area contributed by atoms with Gasteiger partial charge in [-0.15, -0.1) is 0 Å². The van der Waals surface area contributed by atoms with E-state index in [0.717, 1.165) is 6.42 Å². The summed E-state index contributed by atoms with van der Waals surface area (Å²) in [5.41, 5.74) is -0.697. The number of cyclic esters (lactones) is 1. The highest BCUT2D eigenvalue weighted by Gasteiger charge is 2.44. The maximum atomic E-state index is 11.7. The quantitative estimate of drug-likeness (QED) is 0.534. The van der Waals surface area contributed by atoms with Crippen molar-refractivity contribution in [1.82, 2.24) is 0 Å². The second kappa shape index (κ2) is 4.26. The van der Waals surface area contributed by atoms with Gasteiger partial charge in [0.2, 0.25) is 0 Å². The molecule has 88 valence electrons. The lowest BCUT2D eigenvalue weighted by Gasteiger charge is -2.39. The maximum absolute atomic E-state index is 11.7. The Balaban J connectivity index is 2.66. The zero-order chi connectivity index (χ0) is 11.7. The van der Waals surface area contributed by atoms with Crippen LogP contribution in [0, 0.1) is 5.92 Å². The lowest BCUT2D eigenvalue weighted by molar-refractivity contribution is -0.174. The zero-order valence-corrected chi connectivity index (χ0v) is 11.8. The second-order valence-electron chi connectivity index (χ2n) is 5.78. The second-order valence-corrected chi connectivity index (χ2v) is 8.48. The zero-order valence-electron chi connectivity index (χ0n) is 10.4. The number of carbonyl (C=O) groups excluding carboxylic acids is 1. The van der Waals surface area contributed by atoms with Crippen molar-refractivity contribution in [1.29, 1.82) is 0 Å². The molecule has 0 radical (unpaired) electrons. The lowest BCUT2D eigenvalue weighted by Crippen LogP contribution is -2.51. The van der Waals surface area contributed by atoms with Gasteiger partial charge >= 0.3 is 5.97 Å². The molecule has 15 heavy (non-hydrogen) atoms. The summed E-state index contributed by atoms with van der Waals surface area (Å²) < 4.78 is 11.0. The molecule has 2 atom stereocenters. The van der Waals surface area contributed by atoms with Gasteiger partial charge in [-0.1, -0.05) is 27.7 Å². The van der Waals surface area contributed by atoms with Crippen LogP contribution in [0.5, 0.6) is 0 Å². The van der Waals surface area contributed by atoms with Gasteiger partial charge in [0.1, 0.15) is 0 Å². The summed E-state index contributed by atoms with van der Waals surface area (Å²) in [6, 6.07) is 0. The van der Waals surface area contributed by atoms with Crippen LogP contribution in [0.15, 0.2) is 0 Å². The predicted molar refractivity (Wildman–Crippen MR) is 62.5 cm³/mol. The summed E-state index contributed by atoms with van der Waals surface area (Å²) in [6.07, 6.45) is 0.904. The Bertz CT molecular complexity index is 247. The molecule has 1 aliphatic heterocycles. The van der Waals surface area contributed by atoms with E-state index >= 15 is 0 Å². The van der Waals surface area contributed by atoms with Crippen molar-refractivity contribution >= 4 is 15.7 Å². The van der Waals surface area contributed by atoms with Crippen LogP contribution in [0.4, 0.5) is 0 Å². The van der Waals surface area contributed by atoms with E-state index in [-0.39, 0.29) is 16.9 Å². The fourth-order valence-corrected chi connectivity index (χ4v) is 2.65. The topological polar surface area (TPSA) is 35.5 Å². The van der Waals surface area contributed by atoms with Gasteiger partial charge in [-0.05, 0) is 24.3 Å². The van der Waals surface area contributed by atoms with Gasteiger partial charge in [0.05, 0.1) is 6.61 Å². The average molecular weight is 230 g/mol. The number of ether oxygens (including phenoxy) is 1. The van der Waals surface area contributed by atoms with Gasteiger partial charge in [0, 0.05) is 0 Å². The van der Waals surface area contributed by atoms with Crippen molar-refractivity contribution < 1.29 is 14.0 Å². The average Bonchev–Trinajstić information content (AvgIpc) is 2.10. The molecular weight excluding hydrogens is 208 g/mol. The molecule has 4 heteroatoms. The monoisotopic (exact) mass is 230 g/mol. The van der Waals surface area contributed by atoms with E-state index in [4.69, 9.17) is 9.16 Å². The minimum absolute atomic E-state index is 0.182. The summed E-state index contributed by atoms with van der Waals surface area (Å²) in [6.45, 7) is 10.9. The SMILES string of the molecule is CC1CCOC(=O)[C@]1(C)O[SiH2]C(C)(C)C. The van der Waals surface area contributed by atoms with Gasteiger partial charge in [-0.2, -0.15) is 0 Å². The van der Waals surface area contributed by atoms with Crippen molar-refractivity contribution in [3.05, 3.63) is 0 Å². The third kappa shape index (κ3) is 3.05. The van der Waals surface area contributed by atoms with Crippen LogP contribution in [-0.2, 0) is 14.0 Å². The van der Waals surface area contributed by atoms with E-state index in [0.29, 0.717) is 6.61 Å². The number of rotatable bonds is 2. The summed E-state index contributed by atoms with van der Waals surface area (Å²) in [4.78, 5) is 11.7. The summed E-state index contributed by atoms with van der Waals surface area (Å²) in [7, 11) is -0.716. The predicted octanol–water partition coefficient (Wildman–Crippen LogP) is 1.65. The third-order valence-corrected chi connectivity index (χ3v) is 4.54. The molecule has 0 aliphatic carbocycles. The Morgan fingerprint density at radius 3 is 2.60 bits per heavy atom. The van der Waals surface area contributed by atoms with Crippen LogP contribution in [0.3, 0.4) is 0 Å². The molecule has 1 aliphatic rings. The summed E-state index contributed by atoms with van der Waals surface area (Å²) in [5.74, 6) is 0.0756. The molecule has 3 nitrogen and oxygen atoms in total. The molecular formula is C11H22O3Si. The standard InChI is InChI=1S/C11H22O3Si/c1-8-6-7-13-9(12)11(8,5)14-15-10(2,3)4/h8H,6-7,15H2,1-5H3/t8?,11-/m1/s1. The van der Waals surface area contributed by atoms with Crippen molar-refractivity contribution in [2.24, 2.45) is 5.92 Å². The Hall–Kier alpha value is -0.353. The molecule has 0 aromatic carbocycles. The van der Waals surface area contributed by atoms with E-state index in [1.165, 1.54) is 0 Å². The van der Waals surface area contributed by atoms with Crippen molar-refractivity contribution in [2.45, 2.75) is 51.7 Å². The normalized spacial score (nSPS) is 33.4. The van der Waals surface area contributed by atoms with Crippen LogP contribution in [-0.4, -0.2) is 27.9 Å². The Kier molecular flexibility index (Phi) is 3.61. The van der Waals surface area contributed by atoms with E-state index in [1.54, 1.807) is 0 Å². The number of esters is 1. The fraction of sp³-hybridized carbons (Fsp3) is 0.909. The first-order chi connectivity index (χ1) is 6.76. The molecule has 0 spiro atoms. The first-order valence-electron chi connectivity index (χ1n) is 5.57. The number of hydrogen-bond donors (Lipinski definition) is 0. The highest BCUT2D eigenvalue weighted by atomic mass is 28.2. The van der Waals surface area contributed by atoms with Gasteiger partial charge in [0.25, 0.3) is 0 Å². The van der Waals surface area contributed by atoms with E-state index in [2.05, 4.69) is 27.7 Å². The van der Waals surface area contributed by atoms with E-state index < -0.39 is 15.4 Å². The van der Waals surface area contributed by atoms with Crippen molar-refractivity contribution in [2.75, 3.05) is 6.61 Å². The largest absolute Gasteiger partial charge is 0.464 e. The first-order valence-corrected chi connectivity index (χ1v) is 6.85. The molecule has 1 heterocycles. The van der Waals surface area contributed by atoms with Crippen LogP contribution >= 0.6 is 0 Å². The van der Waals surface area contributed by atoms with E-state index in [1.807, 2.05) is 6.92 Å². The van der Waals surface area contributed by atoms with Gasteiger partial charge < -0.3 is 9.16 Å². The number of carbonyl (C=O) groups is 1. The van der Waals surface area contributed by atoms with Gasteiger partial charge in [-0.25, -0.2) is 4.79 Å². The molecule has 1 fully saturated rings. The van der Waals surface area contributed by atoms with Gasteiger partial charge in [-0.3, -0.25) is 0 Å². The highest BCUT2D eigenvalue weighted by molar-refractivity contribution is 6.32. The molecule has 0 amide bonds. The van der Waals surface area contributed by atoms with Crippen LogP contribution in [0.1, 0.15) is 41.0 Å². The summed E-state index contributed by atoms with van der Waals surface area (Å²) in [5, 5.41) is 0.209. The van der Waals surface area contributed by atoms with Gasteiger partial charge in [0.15, 0.2) is 15.4 Å². The minimum atomic E-state index is -0.716. The fourth-order valence-electron chi connectivity index (χ4n) is 1.52. The van der Waals surface area contributed by atoms with Crippen LogP contribution in [0.25, 0.3) is 0 Å². The Labute approximate surface area is 94.5 Å². The lowest BCUT2D eigenvalue weighted by atomic mass is 9.87. The smallest absolute Gasteiger partial charge is 0.337 e. The van der Waals surface area contributed by atoms with Crippen molar-refractivity contribution in [3.63, 3.8) is 0 Å². The maximum Gasteiger partial charge on any atom is 0.337 e. The molecule has 1 rings (SSSR count). The molecule has 0 bridgehead atoms. The first kappa shape index (κ1) is 12.7. The van der Waals surface area contributed by atoms with Crippen LogP contribution in [0.2, 0.25) is 5.04 Å². The molecule has 0 aromatic rings. The Morgan fingerprint density at radius 1 is 1.53 bits per heavy atom.